The molecule has 2 amide bonds. The second kappa shape index (κ2) is 5.92. The molecule has 1 atom stereocenters. The number of likely N-dealkylation sites (tertiary alicyclic amines) is 1. The molecule has 114 valence electrons. The first-order valence-electron chi connectivity index (χ1n) is 7.77. The second-order valence-electron chi connectivity index (χ2n) is 6.21. The van der Waals surface area contributed by atoms with Crippen LogP contribution in [0.4, 0.5) is 0 Å². The molecule has 1 aromatic rings. The van der Waals surface area contributed by atoms with E-state index in [-0.39, 0.29) is 17.7 Å². The number of amides is 2. The molecule has 0 radical (unpaired) electrons. The minimum absolute atomic E-state index is 0.00560. The van der Waals surface area contributed by atoms with Crippen molar-refractivity contribution in [3.63, 3.8) is 0 Å². The number of nitrogens with zero attached hydrogens (tertiary/aromatic N) is 1. The molecule has 5 nitrogen and oxygen atoms in total. The summed E-state index contributed by atoms with van der Waals surface area (Å²) in [6.07, 6.45) is 6.93. The highest BCUT2D eigenvalue weighted by atomic mass is 16.3. The Balaban J connectivity index is 1.48. The third kappa shape index (κ3) is 3.28. The van der Waals surface area contributed by atoms with Crippen LogP contribution in [0.2, 0.25) is 0 Å². The molecule has 1 N–H and O–H groups in total. The number of rotatable bonds is 4. The van der Waals surface area contributed by atoms with Gasteiger partial charge in [-0.2, -0.15) is 0 Å². The second-order valence-corrected chi connectivity index (χ2v) is 6.21. The first-order chi connectivity index (χ1) is 10.1. The normalized spacial score (nSPS) is 21.1. The molecular weight excluding hydrogens is 268 g/mol. The lowest BCUT2D eigenvalue weighted by Crippen LogP contribution is -2.45. The molecule has 3 rings (SSSR count). The molecule has 21 heavy (non-hydrogen) atoms. The summed E-state index contributed by atoms with van der Waals surface area (Å²) in [6.45, 7) is 3.37. The van der Waals surface area contributed by atoms with Gasteiger partial charge in [-0.3, -0.25) is 9.59 Å². The van der Waals surface area contributed by atoms with Crippen LogP contribution in [-0.2, 0) is 4.79 Å². The maximum absolute atomic E-state index is 12.2. The molecule has 5 heteroatoms. The zero-order valence-corrected chi connectivity index (χ0v) is 12.4. The number of hydrogen-bond donors (Lipinski definition) is 1. The third-order valence-electron chi connectivity index (χ3n) is 4.62. The van der Waals surface area contributed by atoms with Crippen LogP contribution in [0.15, 0.2) is 23.0 Å². The van der Waals surface area contributed by atoms with Gasteiger partial charge in [0.25, 0.3) is 5.91 Å². The summed E-state index contributed by atoms with van der Waals surface area (Å²) in [4.78, 5) is 26.2. The van der Waals surface area contributed by atoms with Crippen LogP contribution in [-0.4, -0.2) is 35.8 Å². The summed E-state index contributed by atoms with van der Waals surface area (Å²) in [5.41, 5.74) is 0.584. The number of carbonyl (C=O) groups is 2. The smallest absolute Gasteiger partial charge is 0.257 e. The van der Waals surface area contributed by atoms with Gasteiger partial charge in [0.1, 0.15) is 6.26 Å². The van der Waals surface area contributed by atoms with Crippen molar-refractivity contribution in [2.45, 2.75) is 38.6 Å². The van der Waals surface area contributed by atoms with Gasteiger partial charge in [0.2, 0.25) is 5.91 Å². The van der Waals surface area contributed by atoms with Gasteiger partial charge in [0.05, 0.1) is 11.8 Å². The average Bonchev–Trinajstić information content (AvgIpc) is 3.22. The van der Waals surface area contributed by atoms with Crippen molar-refractivity contribution < 1.29 is 14.0 Å². The monoisotopic (exact) mass is 290 g/mol. The van der Waals surface area contributed by atoms with Crippen molar-refractivity contribution in [3.05, 3.63) is 24.2 Å². The van der Waals surface area contributed by atoms with Crippen LogP contribution in [0.3, 0.4) is 0 Å². The summed E-state index contributed by atoms with van der Waals surface area (Å²) < 4.78 is 4.95. The molecule has 0 aromatic carbocycles. The van der Waals surface area contributed by atoms with Gasteiger partial charge < -0.3 is 14.6 Å². The van der Waals surface area contributed by atoms with Crippen LogP contribution in [0.5, 0.6) is 0 Å². The molecule has 2 fully saturated rings. The summed E-state index contributed by atoms with van der Waals surface area (Å²) in [6, 6.07) is 1.97. The van der Waals surface area contributed by atoms with Gasteiger partial charge in [-0.15, -0.1) is 0 Å². The van der Waals surface area contributed by atoms with Gasteiger partial charge in [-0.1, -0.05) is 0 Å². The van der Waals surface area contributed by atoms with E-state index in [2.05, 4.69) is 12.2 Å². The largest absolute Gasteiger partial charge is 0.472 e. The van der Waals surface area contributed by atoms with Crippen LogP contribution in [0.1, 0.15) is 43.0 Å². The van der Waals surface area contributed by atoms with Gasteiger partial charge >= 0.3 is 0 Å². The summed E-state index contributed by atoms with van der Waals surface area (Å²) in [7, 11) is 0. The first kappa shape index (κ1) is 14.2. The molecule has 2 heterocycles. The van der Waals surface area contributed by atoms with E-state index in [0.29, 0.717) is 30.6 Å². The fourth-order valence-corrected chi connectivity index (χ4v) is 2.97. The third-order valence-corrected chi connectivity index (χ3v) is 4.62. The standard InChI is InChI=1S/C16H22N2O3/c1-11(12-2-3-12)17-15(19)13-4-7-18(8-5-13)16(20)14-6-9-21-10-14/h6,9-13H,2-5,7-8H2,1H3,(H,17,19)/t11-/m1/s1. The molecule has 0 bridgehead atoms. The van der Waals surface area contributed by atoms with Gasteiger partial charge in [0.15, 0.2) is 0 Å². The highest BCUT2D eigenvalue weighted by Crippen LogP contribution is 2.32. The predicted octanol–water partition coefficient (Wildman–Crippen LogP) is 2.05. The van der Waals surface area contributed by atoms with Crippen molar-refractivity contribution in [2.75, 3.05) is 13.1 Å². The van der Waals surface area contributed by atoms with Crippen molar-refractivity contribution in [1.29, 1.82) is 0 Å². The van der Waals surface area contributed by atoms with E-state index < -0.39 is 0 Å². The Morgan fingerprint density at radius 1 is 1.29 bits per heavy atom. The molecule has 1 aliphatic heterocycles. The lowest BCUT2D eigenvalue weighted by Gasteiger charge is -2.31. The van der Waals surface area contributed by atoms with E-state index in [1.54, 1.807) is 11.0 Å². The van der Waals surface area contributed by atoms with Gasteiger partial charge in [-0.05, 0) is 44.6 Å². The highest BCUT2D eigenvalue weighted by Gasteiger charge is 2.32. The molecule has 0 unspecified atom stereocenters. The molecule has 1 saturated carbocycles. The van der Waals surface area contributed by atoms with Crippen molar-refractivity contribution in [1.82, 2.24) is 10.2 Å². The van der Waals surface area contributed by atoms with E-state index in [1.807, 2.05) is 0 Å². The first-order valence-corrected chi connectivity index (χ1v) is 7.77. The number of nitrogens with one attached hydrogen (secondary N) is 1. The van der Waals surface area contributed by atoms with Crippen molar-refractivity contribution in [2.24, 2.45) is 11.8 Å². The maximum Gasteiger partial charge on any atom is 0.257 e. The molecular formula is C16H22N2O3. The predicted molar refractivity (Wildman–Crippen MR) is 77.7 cm³/mol. The van der Waals surface area contributed by atoms with E-state index >= 15 is 0 Å². The molecule has 1 aliphatic carbocycles. The lowest BCUT2D eigenvalue weighted by atomic mass is 9.95. The Morgan fingerprint density at radius 2 is 2.00 bits per heavy atom. The average molecular weight is 290 g/mol. The van der Waals surface area contributed by atoms with E-state index in [9.17, 15) is 9.59 Å². The summed E-state index contributed by atoms with van der Waals surface area (Å²) in [5, 5.41) is 3.13. The van der Waals surface area contributed by atoms with Crippen LogP contribution >= 0.6 is 0 Å². The quantitative estimate of drug-likeness (QED) is 0.923. The Kier molecular flexibility index (Phi) is 3.99. The van der Waals surface area contributed by atoms with Crippen LogP contribution in [0, 0.1) is 11.8 Å². The van der Waals surface area contributed by atoms with Gasteiger partial charge in [0, 0.05) is 25.0 Å². The van der Waals surface area contributed by atoms with E-state index in [4.69, 9.17) is 4.42 Å². The summed E-state index contributed by atoms with van der Waals surface area (Å²) >= 11 is 0. The van der Waals surface area contributed by atoms with Crippen molar-refractivity contribution >= 4 is 11.8 Å². The minimum atomic E-state index is -0.00560. The van der Waals surface area contributed by atoms with E-state index in [1.165, 1.54) is 25.4 Å². The topological polar surface area (TPSA) is 62.6 Å². The molecule has 0 spiro atoms. The zero-order valence-electron chi connectivity index (χ0n) is 12.4. The number of carbonyl (C=O) groups excluding carboxylic acids is 2. The fourth-order valence-electron chi connectivity index (χ4n) is 2.97. The molecule has 1 saturated heterocycles. The van der Waals surface area contributed by atoms with Gasteiger partial charge in [-0.25, -0.2) is 0 Å². The fraction of sp³-hybridized carbons (Fsp3) is 0.625. The Labute approximate surface area is 124 Å². The minimum Gasteiger partial charge on any atom is -0.472 e. The molecule has 1 aromatic heterocycles. The number of furan rings is 1. The molecule has 2 aliphatic rings. The highest BCUT2D eigenvalue weighted by molar-refractivity contribution is 5.94. The van der Waals surface area contributed by atoms with Crippen LogP contribution in [0.25, 0.3) is 0 Å². The maximum atomic E-state index is 12.2. The Morgan fingerprint density at radius 3 is 2.57 bits per heavy atom. The van der Waals surface area contributed by atoms with Crippen molar-refractivity contribution in [3.8, 4) is 0 Å². The van der Waals surface area contributed by atoms with Crippen LogP contribution < -0.4 is 5.32 Å². The number of hydrogen-bond acceptors (Lipinski definition) is 3. The zero-order chi connectivity index (χ0) is 14.8. The lowest BCUT2D eigenvalue weighted by molar-refractivity contribution is -0.127. The summed E-state index contributed by atoms with van der Waals surface area (Å²) in [5.74, 6) is 0.870. The number of piperidine rings is 1. The Bertz CT molecular complexity index is 500. The SMILES string of the molecule is C[C@@H](NC(=O)C1CCN(C(=O)c2ccoc2)CC1)C1CC1. The van der Waals surface area contributed by atoms with E-state index in [0.717, 1.165) is 12.8 Å². The Hall–Kier alpha value is -1.78.